The van der Waals surface area contributed by atoms with Crippen LogP contribution in [0.2, 0.25) is 5.02 Å². The van der Waals surface area contributed by atoms with Crippen molar-refractivity contribution >= 4 is 17.3 Å². The van der Waals surface area contributed by atoms with Gasteiger partial charge in [0, 0.05) is 11.7 Å². The predicted molar refractivity (Wildman–Crippen MR) is 80.2 cm³/mol. The summed E-state index contributed by atoms with van der Waals surface area (Å²) >= 11 is 5.72. The van der Waals surface area contributed by atoms with Crippen LogP contribution in [0.3, 0.4) is 0 Å². The highest BCUT2D eigenvalue weighted by molar-refractivity contribution is 6.30. The maximum atomic E-state index is 13.5. The summed E-state index contributed by atoms with van der Waals surface area (Å²) in [5.74, 6) is 1.71. The molecule has 1 aromatic rings. The van der Waals surface area contributed by atoms with Crippen molar-refractivity contribution in [1.82, 2.24) is 0 Å². The molecule has 0 aliphatic heterocycles. The lowest BCUT2D eigenvalue weighted by Crippen LogP contribution is -2.37. The van der Waals surface area contributed by atoms with Crippen LogP contribution in [-0.2, 0) is 0 Å². The van der Waals surface area contributed by atoms with Crippen molar-refractivity contribution in [3.8, 4) is 0 Å². The van der Waals surface area contributed by atoms with Gasteiger partial charge >= 0.3 is 0 Å². The average Bonchev–Trinajstić information content (AvgIpc) is 2.33. The molecular formula is C16H23ClFN. The lowest BCUT2D eigenvalue weighted by molar-refractivity contribution is 0.212. The van der Waals surface area contributed by atoms with Crippen molar-refractivity contribution in [3.63, 3.8) is 0 Å². The van der Waals surface area contributed by atoms with E-state index in [1.54, 1.807) is 6.07 Å². The molecule has 0 spiro atoms. The normalized spacial score (nSPS) is 27.6. The van der Waals surface area contributed by atoms with Crippen molar-refractivity contribution in [2.24, 2.45) is 17.8 Å². The SMILES string of the molecule is CC1CCC(C(C)C)C(Nc2ccc(Cl)c(F)c2)C1. The standard InChI is InChI=1S/C16H23ClFN/c1-10(2)13-6-4-11(3)8-16(13)19-12-5-7-14(17)15(18)9-12/h5,7,9-11,13,16,19H,4,6,8H2,1-3H3. The molecule has 19 heavy (non-hydrogen) atoms. The Hall–Kier alpha value is -0.760. The topological polar surface area (TPSA) is 12.0 Å². The highest BCUT2D eigenvalue weighted by atomic mass is 35.5. The first-order valence-corrected chi connectivity index (χ1v) is 7.56. The molecule has 2 rings (SSSR count). The lowest BCUT2D eigenvalue weighted by atomic mass is 9.74. The van der Waals surface area contributed by atoms with Crippen molar-refractivity contribution < 1.29 is 4.39 Å². The fraction of sp³-hybridized carbons (Fsp3) is 0.625. The van der Waals surface area contributed by atoms with Gasteiger partial charge in [-0.2, -0.15) is 0 Å². The molecule has 1 fully saturated rings. The minimum atomic E-state index is -0.350. The molecule has 1 aliphatic carbocycles. The van der Waals surface area contributed by atoms with Gasteiger partial charge in [0.15, 0.2) is 0 Å². The number of nitrogens with one attached hydrogen (secondary N) is 1. The van der Waals surface area contributed by atoms with E-state index in [-0.39, 0.29) is 10.8 Å². The van der Waals surface area contributed by atoms with Gasteiger partial charge in [-0.15, -0.1) is 0 Å². The van der Waals surface area contributed by atoms with Crippen molar-refractivity contribution in [1.29, 1.82) is 0 Å². The second kappa shape index (κ2) is 6.13. The minimum absolute atomic E-state index is 0.183. The Kier molecular flexibility index (Phi) is 4.72. The van der Waals surface area contributed by atoms with Crippen molar-refractivity contribution in [2.45, 2.75) is 46.1 Å². The molecule has 1 N–H and O–H groups in total. The van der Waals surface area contributed by atoms with Crippen LogP contribution in [0, 0.1) is 23.6 Å². The van der Waals surface area contributed by atoms with E-state index in [9.17, 15) is 4.39 Å². The van der Waals surface area contributed by atoms with Crippen LogP contribution in [0.1, 0.15) is 40.0 Å². The molecule has 0 radical (unpaired) electrons. The summed E-state index contributed by atoms with van der Waals surface area (Å²) in [7, 11) is 0. The lowest BCUT2D eigenvalue weighted by Gasteiger charge is -2.38. The average molecular weight is 284 g/mol. The van der Waals surface area contributed by atoms with E-state index in [1.165, 1.54) is 18.9 Å². The number of halogens is 2. The second-order valence-corrected chi connectivity index (χ2v) is 6.61. The first-order chi connectivity index (χ1) is 8.97. The quantitative estimate of drug-likeness (QED) is 0.788. The highest BCUT2D eigenvalue weighted by Crippen LogP contribution is 2.35. The molecule has 0 amide bonds. The number of rotatable bonds is 3. The van der Waals surface area contributed by atoms with Crippen LogP contribution in [0.15, 0.2) is 18.2 Å². The summed E-state index contributed by atoms with van der Waals surface area (Å²) in [6.07, 6.45) is 3.72. The van der Waals surface area contributed by atoms with Gasteiger partial charge in [0.25, 0.3) is 0 Å². The zero-order chi connectivity index (χ0) is 14.0. The maximum Gasteiger partial charge on any atom is 0.143 e. The molecule has 1 aliphatic rings. The molecule has 3 atom stereocenters. The fourth-order valence-corrected chi connectivity index (χ4v) is 3.29. The molecule has 0 bridgehead atoms. The monoisotopic (exact) mass is 283 g/mol. The molecule has 0 aromatic heterocycles. The predicted octanol–water partition coefficient (Wildman–Crippen LogP) is 5.35. The first-order valence-electron chi connectivity index (χ1n) is 7.19. The summed E-state index contributed by atoms with van der Waals surface area (Å²) in [4.78, 5) is 0. The van der Waals surface area contributed by atoms with Crippen LogP contribution in [-0.4, -0.2) is 6.04 Å². The maximum absolute atomic E-state index is 13.5. The van der Waals surface area contributed by atoms with E-state index < -0.39 is 0 Å². The summed E-state index contributed by atoms with van der Waals surface area (Å²) in [6, 6.07) is 5.42. The van der Waals surface area contributed by atoms with E-state index in [0.717, 1.165) is 18.0 Å². The summed E-state index contributed by atoms with van der Waals surface area (Å²) in [5, 5.41) is 3.70. The van der Waals surface area contributed by atoms with Crippen LogP contribution < -0.4 is 5.32 Å². The third-order valence-corrected chi connectivity index (χ3v) is 4.60. The van der Waals surface area contributed by atoms with E-state index in [4.69, 9.17) is 11.6 Å². The van der Waals surface area contributed by atoms with Crippen LogP contribution >= 0.6 is 11.6 Å². The summed E-state index contributed by atoms with van der Waals surface area (Å²) in [5.41, 5.74) is 0.839. The zero-order valence-electron chi connectivity index (χ0n) is 11.9. The third kappa shape index (κ3) is 3.62. The molecule has 1 nitrogen and oxygen atoms in total. The van der Waals surface area contributed by atoms with E-state index in [2.05, 4.69) is 26.1 Å². The van der Waals surface area contributed by atoms with E-state index in [1.807, 2.05) is 6.07 Å². The number of hydrogen-bond acceptors (Lipinski definition) is 1. The van der Waals surface area contributed by atoms with Crippen LogP contribution in [0.4, 0.5) is 10.1 Å². The summed E-state index contributed by atoms with van der Waals surface area (Å²) in [6.45, 7) is 6.85. The van der Waals surface area contributed by atoms with Gasteiger partial charge in [-0.1, -0.05) is 38.8 Å². The Balaban J connectivity index is 2.11. The number of anilines is 1. The third-order valence-electron chi connectivity index (χ3n) is 4.29. The Labute approximate surface area is 120 Å². The Morgan fingerprint density at radius 2 is 2.05 bits per heavy atom. The van der Waals surface area contributed by atoms with Gasteiger partial charge in [-0.05, 0) is 48.8 Å². The summed E-state index contributed by atoms with van der Waals surface area (Å²) < 4.78 is 13.5. The second-order valence-electron chi connectivity index (χ2n) is 6.21. The first kappa shape index (κ1) is 14.6. The zero-order valence-corrected chi connectivity index (χ0v) is 12.7. The van der Waals surface area contributed by atoms with Gasteiger partial charge in [-0.25, -0.2) is 4.39 Å². The molecule has 3 unspecified atom stereocenters. The Morgan fingerprint density at radius 1 is 1.32 bits per heavy atom. The molecule has 3 heteroatoms. The minimum Gasteiger partial charge on any atom is -0.382 e. The Bertz CT molecular complexity index is 433. The highest BCUT2D eigenvalue weighted by Gasteiger charge is 2.30. The van der Waals surface area contributed by atoms with E-state index >= 15 is 0 Å². The Morgan fingerprint density at radius 3 is 2.68 bits per heavy atom. The molecule has 0 heterocycles. The van der Waals surface area contributed by atoms with Gasteiger partial charge in [-0.3, -0.25) is 0 Å². The smallest absolute Gasteiger partial charge is 0.143 e. The van der Waals surface area contributed by atoms with Gasteiger partial charge < -0.3 is 5.32 Å². The van der Waals surface area contributed by atoms with Crippen molar-refractivity contribution in [3.05, 3.63) is 29.0 Å². The fourth-order valence-electron chi connectivity index (χ4n) is 3.17. The molecule has 0 saturated heterocycles. The number of benzene rings is 1. The van der Waals surface area contributed by atoms with Gasteiger partial charge in [0.1, 0.15) is 5.82 Å². The van der Waals surface area contributed by atoms with Crippen LogP contribution in [0.25, 0.3) is 0 Å². The largest absolute Gasteiger partial charge is 0.382 e. The van der Waals surface area contributed by atoms with Crippen LogP contribution in [0.5, 0.6) is 0 Å². The number of hydrogen-bond donors (Lipinski definition) is 1. The molecule has 1 aromatic carbocycles. The molecule has 1 saturated carbocycles. The van der Waals surface area contributed by atoms with E-state index in [0.29, 0.717) is 17.9 Å². The van der Waals surface area contributed by atoms with Gasteiger partial charge in [0.2, 0.25) is 0 Å². The van der Waals surface area contributed by atoms with Gasteiger partial charge in [0.05, 0.1) is 5.02 Å². The molecule has 106 valence electrons. The molecular weight excluding hydrogens is 261 g/mol. The van der Waals surface area contributed by atoms with Crippen molar-refractivity contribution in [2.75, 3.05) is 5.32 Å².